The van der Waals surface area contributed by atoms with Crippen molar-refractivity contribution in [2.75, 3.05) is 7.11 Å². The Morgan fingerprint density at radius 1 is 0.935 bits per heavy atom. The van der Waals surface area contributed by atoms with Crippen LogP contribution in [0.4, 0.5) is 0 Å². The Morgan fingerprint density at radius 3 is 2.26 bits per heavy atom. The second-order valence-electron chi connectivity index (χ2n) is 7.78. The number of aliphatic hydroxyl groups is 1. The predicted octanol–water partition coefficient (Wildman–Crippen LogP) is 6.58. The van der Waals surface area contributed by atoms with Gasteiger partial charge in [0.1, 0.15) is 0 Å². The average Bonchev–Trinajstić information content (AvgIpc) is 3.29. The normalized spacial score (nSPS) is 16.1. The summed E-state index contributed by atoms with van der Waals surface area (Å²) in [5.74, 6) is 0.820. The molecule has 1 saturated carbocycles. The number of hydrogen-bond acceptors (Lipinski definition) is 4. The number of rotatable bonds is 7. The lowest BCUT2D eigenvalue weighted by Gasteiger charge is -2.27. The van der Waals surface area contributed by atoms with E-state index in [2.05, 4.69) is 4.98 Å². The molecule has 1 aliphatic rings. The summed E-state index contributed by atoms with van der Waals surface area (Å²) in [5.41, 5.74) is 2.25. The molecule has 1 aromatic heterocycles. The van der Waals surface area contributed by atoms with Gasteiger partial charge in [0.15, 0.2) is 11.5 Å². The monoisotopic (exact) mass is 457 g/mol. The van der Waals surface area contributed by atoms with E-state index in [0.717, 1.165) is 18.4 Å². The van der Waals surface area contributed by atoms with Crippen LogP contribution >= 0.6 is 23.2 Å². The molecule has 0 radical (unpaired) electrons. The fourth-order valence-corrected chi connectivity index (χ4v) is 4.83. The third-order valence-corrected chi connectivity index (χ3v) is 6.40. The van der Waals surface area contributed by atoms with Gasteiger partial charge >= 0.3 is 0 Å². The average molecular weight is 458 g/mol. The molecule has 4 nitrogen and oxygen atoms in total. The summed E-state index contributed by atoms with van der Waals surface area (Å²) in [6, 6.07) is 15.3. The largest absolute Gasteiger partial charge is 0.493 e. The van der Waals surface area contributed by atoms with Gasteiger partial charge in [-0.15, -0.1) is 0 Å². The standard InChI is InChI=1S/C25H25Cl2NO3/c1-30-21-12-11-17(13-22(21)31-18-9-5-6-10-18)25(29)23(16-7-3-2-4-8-16)24-19(26)14-28-15-20(24)27/h2-4,7-8,11-15,18,23,25,29H,5-6,9-10H2,1H3. The van der Waals surface area contributed by atoms with Gasteiger partial charge in [0, 0.05) is 23.9 Å². The van der Waals surface area contributed by atoms with Gasteiger partial charge in [0.2, 0.25) is 0 Å². The summed E-state index contributed by atoms with van der Waals surface area (Å²) in [6.07, 6.45) is 6.78. The number of halogens is 2. The number of aromatic nitrogens is 1. The summed E-state index contributed by atoms with van der Waals surface area (Å²) in [6.45, 7) is 0. The molecular formula is C25H25Cl2NO3. The summed E-state index contributed by atoms with van der Waals surface area (Å²) in [4.78, 5) is 4.06. The van der Waals surface area contributed by atoms with Gasteiger partial charge in [-0.1, -0.05) is 59.6 Å². The van der Waals surface area contributed by atoms with Gasteiger partial charge < -0.3 is 14.6 Å². The second-order valence-corrected chi connectivity index (χ2v) is 8.60. The molecule has 1 heterocycles. The van der Waals surface area contributed by atoms with Crippen LogP contribution in [0.3, 0.4) is 0 Å². The predicted molar refractivity (Wildman–Crippen MR) is 123 cm³/mol. The Bertz CT molecular complexity index is 1000. The molecule has 2 atom stereocenters. The molecule has 1 fully saturated rings. The van der Waals surface area contributed by atoms with E-state index in [1.165, 1.54) is 12.8 Å². The third-order valence-electron chi connectivity index (χ3n) is 5.80. The van der Waals surface area contributed by atoms with Crippen molar-refractivity contribution in [3.8, 4) is 11.5 Å². The Labute approximate surface area is 192 Å². The van der Waals surface area contributed by atoms with Crippen LogP contribution in [0.5, 0.6) is 11.5 Å². The fraction of sp³-hybridized carbons (Fsp3) is 0.320. The van der Waals surface area contributed by atoms with E-state index in [1.54, 1.807) is 19.5 Å². The van der Waals surface area contributed by atoms with E-state index in [-0.39, 0.29) is 6.10 Å². The van der Waals surface area contributed by atoms with Crippen LogP contribution in [0.2, 0.25) is 10.0 Å². The zero-order valence-corrected chi connectivity index (χ0v) is 18.8. The number of aliphatic hydroxyl groups excluding tert-OH is 1. The first kappa shape index (κ1) is 21.9. The van der Waals surface area contributed by atoms with E-state index < -0.39 is 12.0 Å². The molecule has 2 aromatic carbocycles. The Balaban J connectivity index is 1.76. The lowest BCUT2D eigenvalue weighted by Crippen LogP contribution is -2.15. The first-order chi connectivity index (χ1) is 15.1. The zero-order chi connectivity index (χ0) is 21.8. The summed E-state index contributed by atoms with van der Waals surface area (Å²) >= 11 is 13.0. The number of pyridine rings is 1. The van der Waals surface area contributed by atoms with Crippen molar-refractivity contribution in [2.45, 2.75) is 43.8 Å². The first-order valence-electron chi connectivity index (χ1n) is 10.4. The second kappa shape index (κ2) is 9.90. The van der Waals surface area contributed by atoms with E-state index in [9.17, 15) is 5.11 Å². The van der Waals surface area contributed by atoms with Crippen LogP contribution in [0, 0.1) is 0 Å². The van der Waals surface area contributed by atoms with Gasteiger partial charge in [0.25, 0.3) is 0 Å². The van der Waals surface area contributed by atoms with Crippen molar-refractivity contribution < 1.29 is 14.6 Å². The van der Waals surface area contributed by atoms with Crippen molar-refractivity contribution in [3.63, 3.8) is 0 Å². The lowest BCUT2D eigenvalue weighted by atomic mass is 9.84. The molecule has 2 unspecified atom stereocenters. The van der Waals surface area contributed by atoms with Crippen molar-refractivity contribution in [1.29, 1.82) is 0 Å². The molecule has 0 aliphatic heterocycles. The van der Waals surface area contributed by atoms with Gasteiger partial charge in [-0.3, -0.25) is 4.98 Å². The first-order valence-corrected chi connectivity index (χ1v) is 11.2. The van der Waals surface area contributed by atoms with Crippen molar-refractivity contribution >= 4 is 23.2 Å². The lowest BCUT2D eigenvalue weighted by molar-refractivity contribution is 0.157. The molecule has 6 heteroatoms. The van der Waals surface area contributed by atoms with E-state index >= 15 is 0 Å². The van der Waals surface area contributed by atoms with Crippen LogP contribution in [0.15, 0.2) is 60.9 Å². The zero-order valence-electron chi connectivity index (χ0n) is 17.3. The van der Waals surface area contributed by atoms with Gasteiger partial charge in [-0.05, 0) is 48.9 Å². The topological polar surface area (TPSA) is 51.6 Å². The number of ether oxygens (including phenoxy) is 2. The van der Waals surface area contributed by atoms with E-state index in [4.69, 9.17) is 32.7 Å². The number of benzene rings is 2. The van der Waals surface area contributed by atoms with Crippen molar-refractivity contribution in [2.24, 2.45) is 0 Å². The molecule has 0 bridgehead atoms. The Hall–Kier alpha value is -2.27. The number of nitrogens with zero attached hydrogens (tertiary/aromatic N) is 1. The summed E-state index contributed by atoms with van der Waals surface area (Å²) in [7, 11) is 1.62. The minimum absolute atomic E-state index is 0.176. The van der Waals surface area contributed by atoms with Crippen molar-refractivity contribution in [3.05, 3.63) is 87.7 Å². The highest BCUT2D eigenvalue weighted by Gasteiger charge is 2.30. The van der Waals surface area contributed by atoms with Gasteiger partial charge in [-0.2, -0.15) is 0 Å². The molecule has 0 saturated heterocycles. The highest BCUT2D eigenvalue weighted by atomic mass is 35.5. The van der Waals surface area contributed by atoms with Crippen LogP contribution in [0.25, 0.3) is 0 Å². The quantitative estimate of drug-likeness (QED) is 0.434. The number of hydrogen-bond donors (Lipinski definition) is 1. The molecule has 0 amide bonds. The van der Waals surface area contributed by atoms with E-state index in [1.807, 2.05) is 48.5 Å². The minimum Gasteiger partial charge on any atom is -0.493 e. The highest BCUT2D eigenvalue weighted by molar-refractivity contribution is 6.35. The Kier molecular flexibility index (Phi) is 7.01. The molecule has 1 N–H and O–H groups in total. The maximum absolute atomic E-state index is 11.6. The molecule has 31 heavy (non-hydrogen) atoms. The maximum Gasteiger partial charge on any atom is 0.161 e. The van der Waals surface area contributed by atoms with Crippen LogP contribution in [-0.4, -0.2) is 23.3 Å². The highest BCUT2D eigenvalue weighted by Crippen LogP contribution is 2.44. The molecular weight excluding hydrogens is 433 g/mol. The molecule has 1 aliphatic carbocycles. The van der Waals surface area contributed by atoms with Crippen molar-refractivity contribution in [1.82, 2.24) is 4.98 Å². The van der Waals surface area contributed by atoms with Crippen LogP contribution in [0.1, 0.15) is 54.4 Å². The smallest absolute Gasteiger partial charge is 0.161 e. The fourth-order valence-electron chi connectivity index (χ4n) is 4.23. The number of methoxy groups -OCH3 is 1. The minimum atomic E-state index is -0.906. The molecule has 162 valence electrons. The Morgan fingerprint density at radius 2 is 1.61 bits per heavy atom. The third kappa shape index (κ3) is 4.82. The van der Waals surface area contributed by atoms with Gasteiger partial charge in [0.05, 0.1) is 29.4 Å². The van der Waals surface area contributed by atoms with Crippen LogP contribution < -0.4 is 9.47 Å². The van der Waals surface area contributed by atoms with E-state index in [0.29, 0.717) is 32.7 Å². The summed E-state index contributed by atoms with van der Waals surface area (Å²) in [5, 5.41) is 12.4. The molecule has 3 aromatic rings. The SMILES string of the molecule is COc1ccc(C(O)C(c2ccccc2)c2c(Cl)cncc2Cl)cc1OC1CCCC1. The maximum atomic E-state index is 11.6. The molecule has 0 spiro atoms. The van der Waals surface area contributed by atoms with Crippen LogP contribution in [-0.2, 0) is 0 Å². The molecule has 4 rings (SSSR count). The summed E-state index contributed by atoms with van der Waals surface area (Å²) < 4.78 is 11.7. The van der Waals surface area contributed by atoms with Gasteiger partial charge in [-0.25, -0.2) is 0 Å².